The van der Waals surface area contributed by atoms with Crippen LogP contribution in [0.15, 0.2) is 0 Å². The Morgan fingerprint density at radius 1 is 1.30 bits per heavy atom. The largest absolute Gasteiger partial charge is 0.324 e. The molecule has 0 radical (unpaired) electrons. The van der Waals surface area contributed by atoms with Gasteiger partial charge in [0.1, 0.15) is 0 Å². The first-order valence-corrected chi connectivity index (χ1v) is 9.15. The quantitative estimate of drug-likeness (QED) is 0.831. The van der Waals surface area contributed by atoms with Crippen molar-refractivity contribution in [3.63, 3.8) is 0 Å². The smallest absolute Gasteiger partial charge is 0.244 e. The van der Waals surface area contributed by atoms with Crippen molar-refractivity contribution in [2.45, 2.75) is 44.8 Å². The van der Waals surface area contributed by atoms with E-state index < -0.39 is 0 Å². The van der Waals surface area contributed by atoms with E-state index in [0.717, 1.165) is 32.4 Å². The Morgan fingerprint density at radius 3 is 2.60 bits per heavy atom. The molecule has 1 spiro atoms. The summed E-state index contributed by atoms with van der Waals surface area (Å²) in [6, 6.07) is 0. The molecule has 2 heterocycles. The molecular weight excluding hydrogens is 270 g/mol. The van der Waals surface area contributed by atoms with Crippen LogP contribution >= 0.6 is 11.8 Å². The Labute approximate surface area is 126 Å². The van der Waals surface area contributed by atoms with Crippen LogP contribution in [0, 0.1) is 5.92 Å². The summed E-state index contributed by atoms with van der Waals surface area (Å²) >= 11 is 2.04. The third-order valence-electron chi connectivity index (χ3n) is 4.69. The standard InChI is InChI=1S/C15H27N3OS/c1-12(2)11-13-16-15(3-4-15)14(19)18(13)6-5-17-7-9-20-10-8-17/h12-13,16H,3-11H2,1-2H3. The van der Waals surface area contributed by atoms with Gasteiger partial charge >= 0.3 is 0 Å². The fourth-order valence-corrected chi connectivity index (χ4v) is 4.30. The summed E-state index contributed by atoms with van der Waals surface area (Å²) in [5.41, 5.74) is -0.155. The Kier molecular flexibility index (Phi) is 4.29. The van der Waals surface area contributed by atoms with E-state index in [-0.39, 0.29) is 11.7 Å². The Morgan fingerprint density at radius 2 is 2.00 bits per heavy atom. The van der Waals surface area contributed by atoms with Gasteiger partial charge in [-0.3, -0.25) is 15.0 Å². The number of hydrogen-bond acceptors (Lipinski definition) is 4. The van der Waals surface area contributed by atoms with Crippen LogP contribution < -0.4 is 5.32 Å². The number of nitrogens with zero attached hydrogens (tertiary/aromatic N) is 2. The van der Waals surface area contributed by atoms with Gasteiger partial charge in [0.25, 0.3) is 0 Å². The predicted octanol–water partition coefficient (Wildman–Crippen LogP) is 1.37. The van der Waals surface area contributed by atoms with Crippen molar-refractivity contribution in [2.75, 3.05) is 37.7 Å². The zero-order chi connectivity index (χ0) is 14.2. The van der Waals surface area contributed by atoms with Crippen molar-refractivity contribution in [3.05, 3.63) is 0 Å². The van der Waals surface area contributed by atoms with E-state index in [4.69, 9.17) is 0 Å². The van der Waals surface area contributed by atoms with Gasteiger partial charge in [0.2, 0.25) is 5.91 Å². The summed E-state index contributed by atoms with van der Waals surface area (Å²) in [6.45, 7) is 8.78. The Bertz CT molecular complexity index is 364. The molecule has 3 aliphatic rings. The maximum Gasteiger partial charge on any atom is 0.244 e. The van der Waals surface area contributed by atoms with E-state index in [0.29, 0.717) is 11.8 Å². The van der Waals surface area contributed by atoms with Gasteiger partial charge in [-0.15, -0.1) is 0 Å². The molecule has 1 aliphatic carbocycles. The van der Waals surface area contributed by atoms with Crippen molar-refractivity contribution in [1.29, 1.82) is 0 Å². The molecule has 0 aromatic carbocycles. The molecule has 0 aromatic heterocycles. The summed E-state index contributed by atoms with van der Waals surface area (Å²) in [7, 11) is 0. The molecule has 0 aromatic rings. The highest BCUT2D eigenvalue weighted by atomic mass is 32.2. The summed E-state index contributed by atoms with van der Waals surface area (Å²) in [5.74, 6) is 3.48. The van der Waals surface area contributed by atoms with Gasteiger partial charge in [0.15, 0.2) is 0 Å². The number of thioether (sulfide) groups is 1. The lowest BCUT2D eigenvalue weighted by molar-refractivity contribution is -0.131. The third kappa shape index (κ3) is 3.00. The van der Waals surface area contributed by atoms with E-state index in [1.165, 1.54) is 24.6 Å². The second-order valence-corrected chi connectivity index (χ2v) is 8.05. The van der Waals surface area contributed by atoms with E-state index in [9.17, 15) is 4.79 Å². The molecule has 3 rings (SSSR count). The molecule has 20 heavy (non-hydrogen) atoms. The van der Waals surface area contributed by atoms with Crippen LogP contribution in [0.1, 0.15) is 33.1 Å². The lowest BCUT2D eigenvalue weighted by Gasteiger charge is -2.31. The predicted molar refractivity (Wildman–Crippen MR) is 83.8 cm³/mol. The molecule has 1 N–H and O–H groups in total. The number of carbonyl (C=O) groups is 1. The molecule has 3 fully saturated rings. The van der Waals surface area contributed by atoms with Crippen LogP contribution in [0.25, 0.3) is 0 Å². The molecule has 1 saturated carbocycles. The van der Waals surface area contributed by atoms with Crippen LogP contribution in [0.3, 0.4) is 0 Å². The van der Waals surface area contributed by atoms with Crippen molar-refractivity contribution in [3.8, 4) is 0 Å². The zero-order valence-electron chi connectivity index (χ0n) is 12.7. The first-order chi connectivity index (χ1) is 9.61. The summed E-state index contributed by atoms with van der Waals surface area (Å²) in [4.78, 5) is 17.2. The minimum Gasteiger partial charge on any atom is -0.324 e. The number of amides is 1. The number of carbonyl (C=O) groups excluding carboxylic acids is 1. The molecule has 1 unspecified atom stereocenters. The van der Waals surface area contributed by atoms with Gasteiger partial charge < -0.3 is 4.90 Å². The fourth-order valence-electron chi connectivity index (χ4n) is 3.32. The first-order valence-electron chi connectivity index (χ1n) is 8.00. The van der Waals surface area contributed by atoms with Gasteiger partial charge in [-0.1, -0.05) is 13.8 Å². The van der Waals surface area contributed by atoms with Gasteiger partial charge in [0.05, 0.1) is 11.7 Å². The molecular formula is C15H27N3OS. The monoisotopic (exact) mass is 297 g/mol. The maximum atomic E-state index is 12.6. The topological polar surface area (TPSA) is 35.6 Å². The molecule has 1 amide bonds. The average molecular weight is 297 g/mol. The molecule has 114 valence electrons. The van der Waals surface area contributed by atoms with Gasteiger partial charge in [-0.05, 0) is 25.2 Å². The van der Waals surface area contributed by atoms with Crippen LogP contribution in [0.2, 0.25) is 0 Å². The minimum atomic E-state index is -0.155. The third-order valence-corrected chi connectivity index (χ3v) is 5.64. The molecule has 2 saturated heterocycles. The Hall–Kier alpha value is -0.260. The highest BCUT2D eigenvalue weighted by Crippen LogP contribution is 2.42. The highest BCUT2D eigenvalue weighted by molar-refractivity contribution is 7.99. The zero-order valence-corrected chi connectivity index (χ0v) is 13.5. The second kappa shape index (κ2) is 5.85. The average Bonchev–Trinajstić information content (AvgIpc) is 3.15. The van der Waals surface area contributed by atoms with E-state index in [1.54, 1.807) is 0 Å². The van der Waals surface area contributed by atoms with E-state index in [1.807, 2.05) is 11.8 Å². The summed E-state index contributed by atoms with van der Waals surface area (Å²) < 4.78 is 0. The number of hydrogen-bond donors (Lipinski definition) is 1. The van der Waals surface area contributed by atoms with Crippen LogP contribution in [-0.4, -0.2) is 65.1 Å². The van der Waals surface area contributed by atoms with E-state index >= 15 is 0 Å². The lowest BCUT2D eigenvalue weighted by Crippen LogP contribution is -2.44. The highest BCUT2D eigenvalue weighted by Gasteiger charge is 2.58. The van der Waals surface area contributed by atoms with Gasteiger partial charge in [-0.2, -0.15) is 11.8 Å². The van der Waals surface area contributed by atoms with Gasteiger partial charge in [0, 0.05) is 37.7 Å². The SMILES string of the molecule is CC(C)CC1NC2(CC2)C(=O)N1CCN1CCSCC1. The molecule has 4 nitrogen and oxygen atoms in total. The van der Waals surface area contributed by atoms with Crippen LogP contribution in [-0.2, 0) is 4.79 Å². The Balaban J connectivity index is 1.58. The fraction of sp³-hybridized carbons (Fsp3) is 0.933. The lowest BCUT2D eigenvalue weighted by atomic mass is 10.1. The van der Waals surface area contributed by atoms with Crippen LogP contribution in [0.4, 0.5) is 0 Å². The van der Waals surface area contributed by atoms with Gasteiger partial charge in [-0.25, -0.2) is 0 Å². The normalized spacial score (nSPS) is 29.6. The van der Waals surface area contributed by atoms with Crippen molar-refractivity contribution in [1.82, 2.24) is 15.1 Å². The van der Waals surface area contributed by atoms with Crippen molar-refractivity contribution >= 4 is 17.7 Å². The van der Waals surface area contributed by atoms with Crippen molar-refractivity contribution in [2.24, 2.45) is 5.92 Å². The molecule has 1 atom stereocenters. The maximum absolute atomic E-state index is 12.6. The summed E-state index contributed by atoms with van der Waals surface area (Å²) in [5, 5.41) is 3.61. The molecule has 2 aliphatic heterocycles. The van der Waals surface area contributed by atoms with Crippen molar-refractivity contribution < 1.29 is 4.79 Å². The second-order valence-electron chi connectivity index (χ2n) is 6.82. The molecule has 0 bridgehead atoms. The van der Waals surface area contributed by atoms with E-state index in [2.05, 4.69) is 29.0 Å². The van der Waals surface area contributed by atoms with Crippen LogP contribution in [0.5, 0.6) is 0 Å². The molecule has 5 heteroatoms. The number of rotatable bonds is 5. The number of nitrogens with one attached hydrogen (secondary N) is 1. The summed E-state index contributed by atoms with van der Waals surface area (Å²) in [6.07, 6.45) is 3.42. The minimum absolute atomic E-state index is 0.155. The first kappa shape index (κ1) is 14.7.